The number of hydrogen-bond donors (Lipinski definition) is 2. The van der Waals surface area contributed by atoms with Crippen LogP contribution in [0.2, 0.25) is 5.15 Å². The van der Waals surface area contributed by atoms with Crippen molar-refractivity contribution in [1.29, 1.82) is 0 Å². The van der Waals surface area contributed by atoms with Gasteiger partial charge in [0.25, 0.3) is 0 Å². The molecular weight excluding hydrogens is 320 g/mol. The van der Waals surface area contributed by atoms with E-state index in [9.17, 15) is 4.21 Å². The number of guanidine groups is 1. The molecule has 22 heavy (non-hydrogen) atoms. The molecule has 0 aromatic carbocycles. The van der Waals surface area contributed by atoms with E-state index < -0.39 is 10.8 Å². The Hall–Kier alpha value is -1.14. The van der Waals surface area contributed by atoms with E-state index in [1.807, 2.05) is 26.8 Å². The number of halogens is 1. The highest BCUT2D eigenvalue weighted by Crippen LogP contribution is 2.10. The standard InChI is InChI=1S/C15H25ClN4OS/c1-15(2,3)22(21)10-9-19-14(17-4)18-8-7-12-5-6-13(16)20-11-12/h5-6,11H,7-10H2,1-4H3,(H2,17,18,19). The van der Waals surface area contributed by atoms with E-state index in [1.54, 1.807) is 19.3 Å². The van der Waals surface area contributed by atoms with Crippen molar-refractivity contribution in [2.45, 2.75) is 31.9 Å². The van der Waals surface area contributed by atoms with Gasteiger partial charge in [-0.2, -0.15) is 0 Å². The Kier molecular flexibility index (Phi) is 7.82. The molecule has 1 unspecified atom stereocenters. The molecule has 5 nitrogen and oxygen atoms in total. The molecule has 0 bridgehead atoms. The fourth-order valence-corrected chi connectivity index (χ4v) is 2.68. The molecule has 0 fully saturated rings. The first-order valence-corrected chi connectivity index (χ1v) is 8.96. The van der Waals surface area contributed by atoms with Crippen LogP contribution in [-0.2, 0) is 17.2 Å². The van der Waals surface area contributed by atoms with Crippen LogP contribution in [0, 0.1) is 0 Å². The number of hydrogen-bond acceptors (Lipinski definition) is 3. The number of aliphatic imine (C=N–C) groups is 1. The number of pyridine rings is 1. The molecule has 0 saturated carbocycles. The molecular formula is C15H25ClN4OS. The van der Waals surface area contributed by atoms with Gasteiger partial charge in [0, 0.05) is 47.6 Å². The third kappa shape index (κ3) is 7.22. The van der Waals surface area contributed by atoms with Gasteiger partial charge in [-0.1, -0.05) is 17.7 Å². The average Bonchev–Trinajstić information content (AvgIpc) is 2.46. The minimum atomic E-state index is -0.859. The summed E-state index contributed by atoms with van der Waals surface area (Å²) >= 11 is 5.75. The SMILES string of the molecule is CN=C(NCCc1ccc(Cl)nc1)NCCS(=O)C(C)(C)C. The average molecular weight is 345 g/mol. The highest BCUT2D eigenvalue weighted by molar-refractivity contribution is 7.86. The Morgan fingerprint density at radius 3 is 2.55 bits per heavy atom. The van der Waals surface area contributed by atoms with E-state index in [4.69, 9.17) is 11.6 Å². The van der Waals surface area contributed by atoms with Gasteiger partial charge >= 0.3 is 0 Å². The topological polar surface area (TPSA) is 66.4 Å². The first kappa shape index (κ1) is 18.9. The Morgan fingerprint density at radius 1 is 1.32 bits per heavy atom. The lowest BCUT2D eigenvalue weighted by Crippen LogP contribution is -2.41. The van der Waals surface area contributed by atoms with Crippen LogP contribution in [0.3, 0.4) is 0 Å². The van der Waals surface area contributed by atoms with Crippen molar-refractivity contribution in [2.75, 3.05) is 25.9 Å². The molecule has 2 N–H and O–H groups in total. The van der Waals surface area contributed by atoms with Crippen molar-refractivity contribution in [1.82, 2.24) is 15.6 Å². The molecule has 0 aliphatic rings. The minimum absolute atomic E-state index is 0.180. The van der Waals surface area contributed by atoms with E-state index in [1.165, 1.54) is 0 Å². The largest absolute Gasteiger partial charge is 0.356 e. The summed E-state index contributed by atoms with van der Waals surface area (Å²) in [5.41, 5.74) is 1.11. The molecule has 0 aliphatic carbocycles. The molecule has 0 spiro atoms. The molecule has 1 aromatic rings. The van der Waals surface area contributed by atoms with Gasteiger partial charge in [-0.15, -0.1) is 0 Å². The summed E-state index contributed by atoms with van der Waals surface area (Å²) in [4.78, 5) is 8.20. The lowest BCUT2D eigenvalue weighted by Gasteiger charge is -2.18. The second kappa shape index (κ2) is 9.10. The van der Waals surface area contributed by atoms with E-state index in [-0.39, 0.29) is 4.75 Å². The summed E-state index contributed by atoms with van der Waals surface area (Å²) in [5.74, 6) is 1.32. The molecule has 0 radical (unpaired) electrons. The summed E-state index contributed by atoms with van der Waals surface area (Å²) in [5, 5.41) is 6.90. The molecule has 7 heteroatoms. The quantitative estimate of drug-likeness (QED) is 0.470. The predicted octanol–water partition coefficient (Wildman–Crippen LogP) is 1.99. The lowest BCUT2D eigenvalue weighted by atomic mass is 10.2. The van der Waals surface area contributed by atoms with Crippen molar-refractivity contribution >= 4 is 28.4 Å². The van der Waals surface area contributed by atoms with E-state index in [2.05, 4.69) is 20.6 Å². The summed E-state index contributed by atoms with van der Waals surface area (Å²) < 4.78 is 11.8. The van der Waals surface area contributed by atoms with E-state index in [0.29, 0.717) is 23.4 Å². The van der Waals surface area contributed by atoms with Crippen LogP contribution in [0.25, 0.3) is 0 Å². The Morgan fingerprint density at radius 2 is 2.00 bits per heavy atom. The zero-order valence-corrected chi connectivity index (χ0v) is 15.2. The lowest BCUT2D eigenvalue weighted by molar-refractivity contribution is 0.647. The number of nitrogens with one attached hydrogen (secondary N) is 2. The molecule has 1 aromatic heterocycles. The molecule has 1 rings (SSSR count). The van der Waals surface area contributed by atoms with Crippen molar-refractivity contribution in [3.8, 4) is 0 Å². The van der Waals surface area contributed by atoms with Gasteiger partial charge in [-0.25, -0.2) is 4.98 Å². The van der Waals surface area contributed by atoms with Crippen LogP contribution in [0.1, 0.15) is 26.3 Å². The van der Waals surface area contributed by atoms with Crippen LogP contribution in [0.5, 0.6) is 0 Å². The Bertz CT molecular complexity index is 511. The van der Waals surface area contributed by atoms with Crippen LogP contribution >= 0.6 is 11.6 Å². The fraction of sp³-hybridized carbons (Fsp3) is 0.600. The third-order valence-electron chi connectivity index (χ3n) is 2.98. The summed E-state index contributed by atoms with van der Waals surface area (Å²) in [6.07, 6.45) is 2.60. The fourth-order valence-electron chi connectivity index (χ4n) is 1.67. The maximum atomic E-state index is 12.0. The first-order chi connectivity index (χ1) is 10.3. The normalized spacial score (nSPS) is 13.8. The van der Waals surface area contributed by atoms with Gasteiger partial charge in [0.05, 0.1) is 0 Å². The smallest absolute Gasteiger partial charge is 0.191 e. The summed E-state index contributed by atoms with van der Waals surface area (Å²) in [6, 6.07) is 3.74. The second-order valence-corrected chi connectivity index (χ2v) is 8.54. The van der Waals surface area contributed by atoms with Gasteiger partial charge in [0.2, 0.25) is 0 Å². The highest BCUT2D eigenvalue weighted by atomic mass is 35.5. The number of aromatic nitrogens is 1. The molecule has 124 valence electrons. The molecule has 0 amide bonds. The van der Waals surface area contributed by atoms with Gasteiger partial charge < -0.3 is 10.6 Å². The summed E-state index contributed by atoms with van der Waals surface area (Å²) in [6.45, 7) is 7.32. The molecule has 0 aliphatic heterocycles. The van der Waals surface area contributed by atoms with Crippen LogP contribution in [0.15, 0.2) is 23.3 Å². The molecule has 1 heterocycles. The number of rotatable bonds is 6. The first-order valence-electron chi connectivity index (χ1n) is 7.26. The predicted molar refractivity (Wildman–Crippen MR) is 95.1 cm³/mol. The second-order valence-electron chi connectivity index (χ2n) is 5.83. The van der Waals surface area contributed by atoms with Crippen molar-refractivity contribution < 1.29 is 4.21 Å². The Balaban J connectivity index is 2.28. The van der Waals surface area contributed by atoms with Crippen molar-refractivity contribution in [2.24, 2.45) is 4.99 Å². The van der Waals surface area contributed by atoms with Gasteiger partial charge in [0.15, 0.2) is 5.96 Å². The van der Waals surface area contributed by atoms with Gasteiger partial charge in [-0.3, -0.25) is 9.20 Å². The Labute approximate surface area is 140 Å². The third-order valence-corrected chi connectivity index (χ3v) is 5.15. The highest BCUT2D eigenvalue weighted by Gasteiger charge is 2.18. The van der Waals surface area contributed by atoms with E-state index in [0.717, 1.165) is 18.5 Å². The maximum absolute atomic E-state index is 12.0. The van der Waals surface area contributed by atoms with Crippen LogP contribution in [-0.4, -0.2) is 45.8 Å². The molecule has 1 atom stereocenters. The maximum Gasteiger partial charge on any atom is 0.191 e. The van der Waals surface area contributed by atoms with Crippen molar-refractivity contribution in [3.05, 3.63) is 29.0 Å². The number of nitrogens with zero attached hydrogens (tertiary/aromatic N) is 2. The summed E-state index contributed by atoms with van der Waals surface area (Å²) in [7, 11) is 0.863. The van der Waals surface area contributed by atoms with Crippen LogP contribution in [0.4, 0.5) is 0 Å². The monoisotopic (exact) mass is 344 g/mol. The van der Waals surface area contributed by atoms with E-state index >= 15 is 0 Å². The molecule has 0 saturated heterocycles. The van der Waals surface area contributed by atoms with Crippen molar-refractivity contribution in [3.63, 3.8) is 0 Å². The van der Waals surface area contributed by atoms with Crippen LogP contribution < -0.4 is 10.6 Å². The van der Waals surface area contributed by atoms with Gasteiger partial charge in [-0.05, 0) is 38.8 Å². The zero-order chi connectivity index (χ0) is 16.6. The van der Waals surface area contributed by atoms with Gasteiger partial charge in [0.1, 0.15) is 5.15 Å². The minimum Gasteiger partial charge on any atom is -0.356 e. The zero-order valence-electron chi connectivity index (χ0n) is 13.6.